The zero-order valence-electron chi connectivity index (χ0n) is 15.1. The van der Waals surface area contributed by atoms with Crippen LogP contribution < -0.4 is 10.6 Å². The van der Waals surface area contributed by atoms with Crippen molar-refractivity contribution < 1.29 is 9.59 Å². The van der Waals surface area contributed by atoms with Gasteiger partial charge in [0.15, 0.2) is 0 Å². The van der Waals surface area contributed by atoms with Crippen LogP contribution in [0.25, 0.3) is 6.08 Å². The summed E-state index contributed by atoms with van der Waals surface area (Å²) in [5.74, 6) is -0.642. The van der Waals surface area contributed by atoms with Gasteiger partial charge < -0.3 is 10.6 Å². The first-order chi connectivity index (χ1) is 13.6. The zero-order chi connectivity index (χ0) is 19.8. The van der Waals surface area contributed by atoms with E-state index in [1.807, 2.05) is 60.7 Å². The summed E-state index contributed by atoms with van der Waals surface area (Å²) in [5, 5.41) is 6.01. The number of benzene rings is 3. The maximum Gasteiger partial charge on any atom is 0.253 e. The van der Waals surface area contributed by atoms with Crippen LogP contribution >= 0.6 is 11.6 Å². The van der Waals surface area contributed by atoms with Crippen LogP contribution in [0.3, 0.4) is 0 Å². The van der Waals surface area contributed by atoms with Crippen molar-refractivity contribution in [3.05, 3.63) is 107 Å². The molecule has 0 spiro atoms. The minimum Gasteiger partial charge on any atom is -0.348 e. The van der Waals surface area contributed by atoms with Gasteiger partial charge in [0.25, 0.3) is 5.91 Å². The summed E-state index contributed by atoms with van der Waals surface area (Å²) in [7, 11) is 0. The predicted molar refractivity (Wildman–Crippen MR) is 113 cm³/mol. The van der Waals surface area contributed by atoms with E-state index < -0.39 is 0 Å². The van der Waals surface area contributed by atoms with Crippen LogP contribution in [0.2, 0.25) is 5.02 Å². The molecular formula is C23H19ClN2O2. The second-order valence-corrected chi connectivity index (χ2v) is 6.53. The molecule has 3 rings (SSSR count). The Hall–Kier alpha value is -3.37. The monoisotopic (exact) mass is 390 g/mol. The summed E-state index contributed by atoms with van der Waals surface area (Å²) in [4.78, 5) is 24.9. The number of halogens is 1. The van der Waals surface area contributed by atoms with Crippen LogP contribution in [-0.4, -0.2) is 11.8 Å². The van der Waals surface area contributed by atoms with Gasteiger partial charge in [0.1, 0.15) is 0 Å². The van der Waals surface area contributed by atoms with Gasteiger partial charge in [-0.15, -0.1) is 0 Å². The van der Waals surface area contributed by atoms with E-state index in [2.05, 4.69) is 10.6 Å². The molecule has 0 aliphatic carbocycles. The van der Waals surface area contributed by atoms with Gasteiger partial charge in [-0.3, -0.25) is 9.59 Å². The lowest BCUT2D eigenvalue weighted by molar-refractivity contribution is -0.111. The molecule has 5 heteroatoms. The summed E-state index contributed by atoms with van der Waals surface area (Å²) < 4.78 is 0. The van der Waals surface area contributed by atoms with E-state index in [1.165, 1.54) is 6.08 Å². The molecule has 3 aromatic rings. The first kappa shape index (κ1) is 19.4. The van der Waals surface area contributed by atoms with E-state index in [0.717, 1.165) is 11.1 Å². The van der Waals surface area contributed by atoms with Crippen molar-refractivity contribution in [2.75, 3.05) is 5.32 Å². The first-order valence-corrected chi connectivity index (χ1v) is 9.15. The van der Waals surface area contributed by atoms with Gasteiger partial charge in [0, 0.05) is 17.6 Å². The Balaban J connectivity index is 1.70. The predicted octanol–water partition coefficient (Wildman–Crippen LogP) is 4.92. The van der Waals surface area contributed by atoms with Gasteiger partial charge in [-0.05, 0) is 35.4 Å². The molecule has 28 heavy (non-hydrogen) atoms. The quantitative estimate of drug-likeness (QED) is 0.587. The summed E-state index contributed by atoms with van der Waals surface area (Å²) in [6, 6.07) is 23.9. The minimum absolute atomic E-state index is 0.310. The van der Waals surface area contributed by atoms with Crippen molar-refractivity contribution in [2.24, 2.45) is 0 Å². The zero-order valence-corrected chi connectivity index (χ0v) is 15.8. The van der Waals surface area contributed by atoms with E-state index >= 15 is 0 Å². The summed E-state index contributed by atoms with van der Waals surface area (Å²) in [6.45, 7) is 0.382. The molecule has 0 saturated carbocycles. The number of hydrogen-bond acceptors (Lipinski definition) is 2. The maximum atomic E-state index is 12.6. The number of amides is 2. The second-order valence-electron chi connectivity index (χ2n) is 6.09. The fourth-order valence-corrected chi connectivity index (χ4v) is 2.77. The van der Waals surface area contributed by atoms with E-state index in [9.17, 15) is 9.59 Å². The molecule has 0 atom stereocenters. The highest BCUT2D eigenvalue weighted by Crippen LogP contribution is 2.21. The minimum atomic E-state index is -0.330. The molecule has 0 saturated heterocycles. The lowest BCUT2D eigenvalue weighted by Gasteiger charge is -2.11. The third-order valence-electron chi connectivity index (χ3n) is 4.01. The molecular weight excluding hydrogens is 372 g/mol. The fraction of sp³-hybridized carbons (Fsp3) is 0.0435. The number of nitrogens with one attached hydrogen (secondary N) is 2. The van der Waals surface area contributed by atoms with E-state index in [4.69, 9.17) is 11.6 Å². The number of carbonyl (C=O) groups is 2. The van der Waals surface area contributed by atoms with Crippen LogP contribution in [0, 0.1) is 0 Å². The highest BCUT2D eigenvalue weighted by Gasteiger charge is 2.13. The molecule has 0 radical (unpaired) electrons. The first-order valence-electron chi connectivity index (χ1n) is 8.77. The number of anilines is 1. The van der Waals surface area contributed by atoms with Crippen molar-refractivity contribution in [2.45, 2.75) is 6.54 Å². The average Bonchev–Trinajstić information content (AvgIpc) is 2.73. The standard InChI is InChI=1S/C23H19ClN2O2/c24-19-12-13-21(26-22(27)14-11-17-7-3-1-4-8-17)20(15-19)23(28)25-16-18-9-5-2-6-10-18/h1-15H,16H2,(H,25,28)(H,26,27)/b14-11+. The van der Waals surface area contributed by atoms with Gasteiger partial charge in [-0.1, -0.05) is 72.3 Å². The molecule has 0 fully saturated rings. The molecule has 0 heterocycles. The Morgan fingerprint density at radius 1 is 0.893 bits per heavy atom. The molecule has 0 bridgehead atoms. The summed E-state index contributed by atoms with van der Waals surface area (Å²) in [5.41, 5.74) is 2.60. The van der Waals surface area contributed by atoms with Crippen molar-refractivity contribution in [3.8, 4) is 0 Å². The largest absolute Gasteiger partial charge is 0.348 e. The molecule has 4 nitrogen and oxygen atoms in total. The molecule has 0 aliphatic rings. The molecule has 3 aromatic carbocycles. The number of rotatable bonds is 6. The van der Waals surface area contributed by atoms with Crippen molar-refractivity contribution >= 4 is 35.2 Å². The van der Waals surface area contributed by atoms with Crippen LogP contribution in [0.15, 0.2) is 84.9 Å². The fourth-order valence-electron chi connectivity index (χ4n) is 2.60. The smallest absolute Gasteiger partial charge is 0.253 e. The number of carbonyl (C=O) groups excluding carboxylic acids is 2. The molecule has 0 unspecified atom stereocenters. The van der Waals surface area contributed by atoms with Crippen molar-refractivity contribution in [1.82, 2.24) is 5.32 Å². The van der Waals surface area contributed by atoms with Crippen LogP contribution in [0.1, 0.15) is 21.5 Å². The van der Waals surface area contributed by atoms with Crippen LogP contribution in [0.5, 0.6) is 0 Å². The van der Waals surface area contributed by atoms with E-state index in [0.29, 0.717) is 22.8 Å². The van der Waals surface area contributed by atoms with Gasteiger partial charge in [-0.2, -0.15) is 0 Å². The topological polar surface area (TPSA) is 58.2 Å². The Labute approximate surface area is 168 Å². The van der Waals surface area contributed by atoms with Crippen molar-refractivity contribution in [1.29, 1.82) is 0 Å². The van der Waals surface area contributed by atoms with Crippen LogP contribution in [0.4, 0.5) is 5.69 Å². The highest BCUT2D eigenvalue weighted by atomic mass is 35.5. The normalized spacial score (nSPS) is 10.6. The molecule has 0 aliphatic heterocycles. The van der Waals surface area contributed by atoms with Gasteiger partial charge in [-0.25, -0.2) is 0 Å². The Morgan fingerprint density at radius 3 is 2.29 bits per heavy atom. The second kappa shape index (κ2) is 9.53. The summed E-state index contributed by atoms with van der Waals surface area (Å²) in [6.07, 6.45) is 3.13. The Bertz CT molecular complexity index is 986. The third kappa shape index (κ3) is 5.56. The lowest BCUT2D eigenvalue weighted by Crippen LogP contribution is -2.24. The number of hydrogen-bond donors (Lipinski definition) is 2. The van der Waals surface area contributed by atoms with E-state index in [1.54, 1.807) is 24.3 Å². The van der Waals surface area contributed by atoms with Gasteiger partial charge >= 0.3 is 0 Å². The molecule has 2 amide bonds. The lowest BCUT2D eigenvalue weighted by atomic mass is 10.1. The Morgan fingerprint density at radius 2 is 1.57 bits per heavy atom. The molecule has 140 valence electrons. The van der Waals surface area contributed by atoms with Crippen LogP contribution in [-0.2, 0) is 11.3 Å². The molecule has 0 aromatic heterocycles. The third-order valence-corrected chi connectivity index (χ3v) is 4.24. The van der Waals surface area contributed by atoms with Gasteiger partial charge in [0.05, 0.1) is 11.3 Å². The SMILES string of the molecule is O=C(/C=C/c1ccccc1)Nc1ccc(Cl)cc1C(=O)NCc1ccccc1. The van der Waals surface area contributed by atoms with Gasteiger partial charge in [0.2, 0.25) is 5.91 Å². The highest BCUT2D eigenvalue weighted by molar-refractivity contribution is 6.31. The van der Waals surface area contributed by atoms with E-state index in [-0.39, 0.29) is 11.8 Å². The Kier molecular flexibility index (Phi) is 6.60. The maximum absolute atomic E-state index is 12.6. The summed E-state index contributed by atoms with van der Waals surface area (Å²) >= 11 is 6.05. The molecule has 2 N–H and O–H groups in total. The van der Waals surface area contributed by atoms with Crippen molar-refractivity contribution in [3.63, 3.8) is 0 Å². The average molecular weight is 391 g/mol.